The number of nitrogens with two attached hydrogens (primary N) is 1. The van der Waals surface area contributed by atoms with Crippen LogP contribution in [0.1, 0.15) is 5.56 Å². The SMILES string of the molecule is NC(CSc1ccc(F)cc1)Cc1ccccc1F. The molecule has 0 saturated heterocycles. The molecule has 1 nitrogen and oxygen atoms in total. The van der Waals surface area contributed by atoms with Crippen LogP contribution >= 0.6 is 11.8 Å². The molecule has 19 heavy (non-hydrogen) atoms. The molecule has 0 amide bonds. The summed E-state index contributed by atoms with van der Waals surface area (Å²) in [7, 11) is 0. The highest BCUT2D eigenvalue weighted by Gasteiger charge is 2.08. The first-order valence-corrected chi connectivity index (χ1v) is 7.01. The molecular weight excluding hydrogens is 264 g/mol. The summed E-state index contributed by atoms with van der Waals surface area (Å²) in [6, 6.07) is 12.8. The molecule has 0 aliphatic rings. The van der Waals surface area contributed by atoms with Crippen LogP contribution < -0.4 is 5.73 Å². The lowest BCUT2D eigenvalue weighted by Gasteiger charge is -2.11. The van der Waals surface area contributed by atoms with Crippen LogP contribution in [0.15, 0.2) is 53.4 Å². The predicted octanol–water partition coefficient (Wildman–Crippen LogP) is 3.63. The Morgan fingerprint density at radius 3 is 2.37 bits per heavy atom. The van der Waals surface area contributed by atoms with Gasteiger partial charge in [-0.1, -0.05) is 18.2 Å². The Morgan fingerprint density at radius 1 is 1.00 bits per heavy atom. The minimum atomic E-state index is -0.250. The zero-order chi connectivity index (χ0) is 13.7. The van der Waals surface area contributed by atoms with Gasteiger partial charge in [0, 0.05) is 16.7 Å². The normalized spacial score (nSPS) is 12.4. The van der Waals surface area contributed by atoms with Crippen molar-refractivity contribution in [3.05, 3.63) is 65.7 Å². The van der Waals surface area contributed by atoms with E-state index in [0.717, 1.165) is 4.90 Å². The molecule has 2 aromatic carbocycles. The van der Waals surface area contributed by atoms with Crippen LogP contribution in [-0.2, 0) is 6.42 Å². The second-order valence-electron chi connectivity index (χ2n) is 4.32. The summed E-state index contributed by atoms with van der Waals surface area (Å²) in [4.78, 5) is 0.963. The van der Waals surface area contributed by atoms with Crippen molar-refractivity contribution in [2.24, 2.45) is 5.73 Å². The highest BCUT2D eigenvalue weighted by molar-refractivity contribution is 7.99. The van der Waals surface area contributed by atoms with Gasteiger partial charge < -0.3 is 5.73 Å². The monoisotopic (exact) mass is 279 g/mol. The largest absolute Gasteiger partial charge is 0.327 e. The number of hydrogen-bond acceptors (Lipinski definition) is 2. The Labute approximate surface area is 115 Å². The van der Waals surface area contributed by atoms with Gasteiger partial charge in [-0.2, -0.15) is 0 Å². The lowest BCUT2D eigenvalue weighted by atomic mass is 10.1. The molecule has 0 bridgehead atoms. The first kappa shape index (κ1) is 14.0. The highest BCUT2D eigenvalue weighted by atomic mass is 32.2. The standard InChI is InChI=1S/C15H15F2NS/c16-12-5-7-14(8-6-12)19-10-13(18)9-11-3-1-2-4-15(11)17/h1-8,13H,9-10,18H2. The fourth-order valence-electron chi connectivity index (χ4n) is 1.74. The van der Waals surface area contributed by atoms with Crippen molar-refractivity contribution in [2.45, 2.75) is 17.4 Å². The van der Waals surface area contributed by atoms with E-state index in [1.54, 1.807) is 42.1 Å². The first-order chi connectivity index (χ1) is 9.15. The topological polar surface area (TPSA) is 26.0 Å². The average molecular weight is 279 g/mol. The summed E-state index contributed by atoms with van der Waals surface area (Å²) in [6.45, 7) is 0. The van der Waals surface area contributed by atoms with Gasteiger partial charge in [0.2, 0.25) is 0 Å². The lowest BCUT2D eigenvalue weighted by Crippen LogP contribution is -2.26. The van der Waals surface area contributed by atoms with E-state index in [-0.39, 0.29) is 17.7 Å². The van der Waals surface area contributed by atoms with Crippen molar-refractivity contribution in [1.82, 2.24) is 0 Å². The molecular formula is C15H15F2NS. The lowest BCUT2D eigenvalue weighted by molar-refractivity contribution is 0.597. The second kappa shape index (κ2) is 6.68. The molecule has 0 radical (unpaired) electrons. The summed E-state index contributed by atoms with van der Waals surface area (Å²) in [5.74, 6) is 0.199. The van der Waals surface area contributed by atoms with E-state index in [9.17, 15) is 8.78 Å². The molecule has 0 spiro atoms. The van der Waals surface area contributed by atoms with Gasteiger partial charge in [-0.05, 0) is 42.3 Å². The van der Waals surface area contributed by atoms with Gasteiger partial charge in [0.1, 0.15) is 11.6 Å². The molecule has 0 aliphatic heterocycles. The van der Waals surface area contributed by atoms with Crippen LogP contribution in [-0.4, -0.2) is 11.8 Å². The Morgan fingerprint density at radius 2 is 1.68 bits per heavy atom. The number of halogens is 2. The van der Waals surface area contributed by atoms with Crippen molar-refractivity contribution in [3.63, 3.8) is 0 Å². The van der Waals surface area contributed by atoms with Gasteiger partial charge >= 0.3 is 0 Å². The molecule has 1 unspecified atom stereocenters. The Hall–Kier alpha value is -1.39. The number of thioether (sulfide) groups is 1. The van der Waals surface area contributed by atoms with Gasteiger partial charge in [-0.15, -0.1) is 11.8 Å². The average Bonchev–Trinajstić information content (AvgIpc) is 2.41. The van der Waals surface area contributed by atoms with E-state index in [4.69, 9.17) is 5.73 Å². The van der Waals surface area contributed by atoms with E-state index >= 15 is 0 Å². The van der Waals surface area contributed by atoms with Crippen molar-refractivity contribution in [2.75, 3.05) is 5.75 Å². The summed E-state index contributed by atoms with van der Waals surface area (Å²) >= 11 is 1.55. The van der Waals surface area contributed by atoms with Crippen LogP contribution in [0, 0.1) is 11.6 Å². The van der Waals surface area contributed by atoms with Crippen LogP contribution in [0.5, 0.6) is 0 Å². The fraction of sp³-hybridized carbons (Fsp3) is 0.200. The smallest absolute Gasteiger partial charge is 0.126 e. The molecule has 0 heterocycles. The molecule has 4 heteroatoms. The number of rotatable bonds is 5. The highest BCUT2D eigenvalue weighted by Crippen LogP contribution is 2.20. The molecule has 2 rings (SSSR count). The second-order valence-corrected chi connectivity index (χ2v) is 5.41. The van der Waals surface area contributed by atoms with Crippen LogP contribution in [0.2, 0.25) is 0 Å². The maximum absolute atomic E-state index is 13.5. The Bertz CT molecular complexity index is 528. The van der Waals surface area contributed by atoms with E-state index in [1.807, 2.05) is 0 Å². The van der Waals surface area contributed by atoms with Crippen molar-refractivity contribution < 1.29 is 8.78 Å². The van der Waals surface area contributed by atoms with Gasteiger partial charge in [0.05, 0.1) is 0 Å². The summed E-state index contributed by atoms with van der Waals surface area (Å²) < 4.78 is 26.2. The molecule has 100 valence electrons. The Balaban J connectivity index is 1.86. The number of hydrogen-bond donors (Lipinski definition) is 1. The quantitative estimate of drug-likeness (QED) is 0.846. The third kappa shape index (κ3) is 4.33. The molecule has 0 aromatic heterocycles. The zero-order valence-corrected chi connectivity index (χ0v) is 11.2. The van der Waals surface area contributed by atoms with Gasteiger partial charge in [0.15, 0.2) is 0 Å². The maximum Gasteiger partial charge on any atom is 0.126 e. The van der Waals surface area contributed by atoms with Crippen LogP contribution in [0.25, 0.3) is 0 Å². The van der Waals surface area contributed by atoms with E-state index in [1.165, 1.54) is 18.2 Å². The minimum Gasteiger partial charge on any atom is -0.327 e. The molecule has 0 aliphatic carbocycles. The van der Waals surface area contributed by atoms with Crippen LogP contribution in [0.4, 0.5) is 8.78 Å². The predicted molar refractivity (Wildman–Crippen MR) is 75.2 cm³/mol. The minimum absolute atomic E-state index is 0.132. The summed E-state index contributed by atoms with van der Waals surface area (Å²) in [6.07, 6.45) is 0.501. The van der Waals surface area contributed by atoms with Crippen LogP contribution in [0.3, 0.4) is 0 Å². The van der Waals surface area contributed by atoms with Crippen molar-refractivity contribution >= 4 is 11.8 Å². The zero-order valence-electron chi connectivity index (χ0n) is 10.4. The first-order valence-electron chi connectivity index (χ1n) is 6.02. The summed E-state index contributed by atoms with van der Waals surface area (Å²) in [5, 5.41) is 0. The maximum atomic E-state index is 13.5. The van der Waals surface area contributed by atoms with Crippen molar-refractivity contribution in [1.29, 1.82) is 0 Å². The van der Waals surface area contributed by atoms with Gasteiger partial charge in [-0.25, -0.2) is 8.78 Å². The number of benzene rings is 2. The molecule has 0 saturated carbocycles. The van der Waals surface area contributed by atoms with Gasteiger partial charge in [0.25, 0.3) is 0 Å². The molecule has 2 N–H and O–H groups in total. The molecule has 1 atom stereocenters. The fourth-order valence-corrected chi connectivity index (χ4v) is 2.59. The van der Waals surface area contributed by atoms with Crippen molar-refractivity contribution in [3.8, 4) is 0 Å². The van der Waals surface area contributed by atoms with E-state index in [0.29, 0.717) is 17.7 Å². The third-order valence-corrected chi connectivity index (χ3v) is 3.92. The van der Waals surface area contributed by atoms with Gasteiger partial charge in [-0.3, -0.25) is 0 Å². The Kier molecular flexibility index (Phi) is 4.93. The van der Waals surface area contributed by atoms with E-state index in [2.05, 4.69) is 0 Å². The molecule has 2 aromatic rings. The van der Waals surface area contributed by atoms with E-state index < -0.39 is 0 Å². The summed E-state index contributed by atoms with van der Waals surface area (Å²) in [5.41, 5.74) is 6.62. The molecule has 0 fully saturated rings. The third-order valence-electron chi connectivity index (χ3n) is 2.72.